The lowest BCUT2D eigenvalue weighted by molar-refractivity contribution is 0.0736. The average Bonchev–Trinajstić information content (AvgIpc) is 2.99. The lowest BCUT2D eigenvalue weighted by atomic mass is 10.1. The van der Waals surface area contributed by atoms with Crippen LogP contribution in [-0.4, -0.2) is 37.4 Å². The highest BCUT2D eigenvalue weighted by molar-refractivity contribution is 7.93. The fourth-order valence-corrected chi connectivity index (χ4v) is 5.41. The molecule has 0 bridgehead atoms. The van der Waals surface area contributed by atoms with Crippen molar-refractivity contribution in [2.24, 2.45) is 0 Å². The predicted molar refractivity (Wildman–Crippen MR) is 144 cm³/mol. The summed E-state index contributed by atoms with van der Waals surface area (Å²) in [5.74, 6) is -0.716. The third-order valence-corrected chi connectivity index (χ3v) is 7.62. The Morgan fingerprint density at radius 3 is 1.92 bits per heavy atom. The number of carbonyl (C=O) groups is 2. The topological polar surface area (TPSA) is 116 Å². The number of methoxy groups -OCH3 is 1. The Labute approximate surface area is 224 Å². The van der Waals surface area contributed by atoms with Crippen LogP contribution in [0.2, 0.25) is 0 Å². The van der Waals surface area contributed by atoms with Gasteiger partial charge < -0.3 is 9.47 Å². The molecule has 0 aliphatic heterocycles. The van der Waals surface area contributed by atoms with Crippen LogP contribution in [0.5, 0.6) is 11.5 Å². The molecule has 0 saturated carbocycles. The number of sulfonamides is 1. The number of carbonyl (C=O) groups excluding carboxylic acids is 2. The van der Waals surface area contributed by atoms with Crippen LogP contribution < -0.4 is 13.8 Å². The number of hydrogen-bond donors (Lipinski definition) is 0. The number of pyridine rings is 2. The molecule has 0 aliphatic rings. The molecule has 0 atom stereocenters. The first kappa shape index (κ1) is 25.6. The average molecular weight is 540 g/mol. The molecule has 1 amide bonds. The largest absolute Gasteiger partial charge is 0.497 e. The van der Waals surface area contributed by atoms with Crippen LogP contribution in [0.25, 0.3) is 10.8 Å². The molecule has 0 unspecified atom stereocenters. The van der Waals surface area contributed by atoms with Crippen LogP contribution in [-0.2, 0) is 10.0 Å². The number of hydrogen-bond acceptors (Lipinski definition) is 8. The van der Waals surface area contributed by atoms with E-state index in [1.807, 2.05) is 0 Å². The Hall–Kier alpha value is -5.09. The number of rotatable bonds is 7. The number of aromatic nitrogens is 2. The van der Waals surface area contributed by atoms with Crippen LogP contribution in [0.1, 0.15) is 20.7 Å². The van der Waals surface area contributed by atoms with Crippen LogP contribution in [0.4, 0.5) is 5.69 Å². The Morgan fingerprint density at radius 1 is 0.718 bits per heavy atom. The van der Waals surface area contributed by atoms with Gasteiger partial charge in [0.2, 0.25) is 0 Å². The second-order valence-corrected chi connectivity index (χ2v) is 10.0. The molecule has 5 aromatic rings. The minimum absolute atomic E-state index is 0.0898. The summed E-state index contributed by atoms with van der Waals surface area (Å²) < 4.78 is 39.5. The van der Waals surface area contributed by atoms with Crippen LogP contribution in [0.15, 0.2) is 115 Å². The van der Waals surface area contributed by atoms with Gasteiger partial charge in [0.05, 0.1) is 23.3 Å². The molecule has 2 aromatic heterocycles. The SMILES string of the molecule is COc1ccc(S(=O)(=O)N(C(=O)c2ccncc2)c2ccc(OC(=O)c3ccncc3)c3ccccc23)cc1. The first-order valence-electron chi connectivity index (χ1n) is 11.7. The Kier molecular flexibility index (Phi) is 7.02. The second kappa shape index (κ2) is 10.7. The van der Waals surface area contributed by atoms with E-state index >= 15 is 0 Å². The maximum atomic E-state index is 14.0. The van der Waals surface area contributed by atoms with Crippen LogP contribution in [0.3, 0.4) is 0 Å². The molecular weight excluding hydrogens is 518 g/mol. The lowest BCUT2D eigenvalue weighted by Gasteiger charge is -2.25. The summed E-state index contributed by atoms with van der Waals surface area (Å²) in [6.45, 7) is 0. The molecule has 3 aromatic carbocycles. The Morgan fingerprint density at radius 2 is 1.31 bits per heavy atom. The third-order valence-electron chi connectivity index (χ3n) is 5.91. The molecule has 10 heteroatoms. The van der Waals surface area contributed by atoms with Gasteiger partial charge in [-0.2, -0.15) is 4.31 Å². The minimum atomic E-state index is -4.40. The highest BCUT2D eigenvalue weighted by Gasteiger charge is 2.33. The van der Waals surface area contributed by atoms with E-state index in [-0.39, 0.29) is 21.9 Å². The highest BCUT2D eigenvalue weighted by Crippen LogP contribution is 2.37. The molecule has 5 rings (SSSR count). The van der Waals surface area contributed by atoms with E-state index in [0.717, 1.165) is 4.31 Å². The van der Waals surface area contributed by atoms with Gasteiger partial charge in [-0.15, -0.1) is 0 Å². The van der Waals surface area contributed by atoms with E-state index in [2.05, 4.69) is 9.97 Å². The summed E-state index contributed by atoms with van der Waals surface area (Å²) in [5.41, 5.74) is 0.515. The maximum Gasteiger partial charge on any atom is 0.343 e. The fourth-order valence-electron chi connectivity index (χ4n) is 3.98. The van der Waals surface area contributed by atoms with E-state index in [9.17, 15) is 18.0 Å². The van der Waals surface area contributed by atoms with E-state index in [4.69, 9.17) is 9.47 Å². The fraction of sp³-hybridized carbons (Fsp3) is 0.0345. The number of anilines is 1. The Bertz CT molecular complexity index is 1760. The molecule has 9 nitrogen and oxygen atoms in total. The number of nitrogens with zero attached hydrogens (tertiary/aromatic N) is 3. The number of ether oxygens (including phenoxy) is 2. The van der Waals surface area contributed by atoms with Crippen molar-refractivity contribution >= 4 is 38.4 Å². The van der Waals surface area contributed by atoms with Crippen molar-refractivity contribution in [2.75, 3.05) is 11.4 Å². The van der Waals surface area contributed by atoms with Crippen molar-refractivity contribution in [1.29, 1.82) is 0 Å². The van der Waals surface area contributed by atoms with Gasteiger partial charge in [0.1, 0.15) is 11.5 Å². The molecular formula is C29H21N3O6S. The standard InChI is InChI=1S/C29H21N3O6S/c1-37-22-6-8-23(9-7-22)39(35,36)32(28(33)20-12-16-30-17-13-20)26-10-11-27(25-5-3-2-4-24(25)26)38-29(34)21-14-18-31-19-15-21/h2-19H,1H3. The van der Waals surface area contributed by atoms with E-state index in [1.165, 1.54) is 92.6 Å². The van der Waals surface area contributed by atoms with Gasteiger partial charge in [0.15, 0.2) is 0 Å². The van der Waals surface area contributed by atoms with Gasteiger partial charge in [-0.25, -0.2) is 13.2 Å². The highest BCUT2D eigenvalue weighted by atomic mass is 32.2. The third kappa shape index (κ3) is 5.05. The number of benzene rings is 3. The van der Waals surface area contributed by atoms with Crippen molar-refractivity contribution < 1.29 is 27.5 Å². The van der Waals surface area contributed by atoms with E-state index < -0.39 is 21.9 Å². The van der Waals surface area contributed by atoms with Crippen molar-refractivity contribution in [3.8, 4) is 11.5 Å². The summed E-state index contributed by atoms with van der Waals surface area (Å²) in [6, 6.07) is 21.3. The molecule has 39 heavy (non-hydrogen) atoms. The van der Waals surface area contributed by atoms with Gasteiger partial charge in [-0.1, -0.05) is 24.3 Å². The molecule has 0 fully saturated rings. The van der Waals surface area contributed by atoms with Crippen molar-refractivity contribution in [1.82, 2.24) is 9.97 Å². The summed E-state index contributed by atoms with van der Waals surface area (Å²) in [5, 5.41) is 0.826. The predicted octanol–water partition coefficient (Wildman–Crippen LogP) is 4.89. The van der Waals surface area contributed by atoms with Gasteiger partial charge in [-0.3, -0.25) is 14.8 Å². The molecule has 0 spiro atoms. The first-order valence-corrected chi connectivity index (χ1v) is 13.1. The van der Waals surface area contributed by atoms with Crippen LogP contribution in [0, 0.1) is 0 Å². The molecule has 0 radical (unpaired) electrons. The summed E-state index contributed by atoms with van der Waals surface area (Å²) in [4.78, 5) is 34.2. The van der Waals surface area contributed by atoms with Crippen molar-refractivity contribution in [3.05, 3.63) is 121 Å². The van der Waals surface area contributed by atoms with Gasteiger partial charge in [0.25, 0.3) is 15.9 Å². The van der Waals surface area contributed by atoms with E-state index in [1.54, 1.807) is 24.3 Å². The van der Waals surface area contributed by atoms with E-state index in [0.29, 0.717) is 22.1 Å². The normalized spacial score (nSPS) is 11.1. The molecule has 2 heterocycles. The monoisotopic (exact) mass is 539 g/mol. The maximum absolute atomic E-state index is 14.0. The minimum Gasteiger partial charge on any atom is -0.497 e. The van der Waals surface area contributed by atoms with Gasteiger partial charge in [0, 0.05) is 41.1 Å². The first-order chi connectivity index (χ1) is 18.9. The second-order valence-electron chi connectivity index (χ2n) is 8.24. The summed E-state index contributed by atoms with van der Waals surface area (Å²) >= 11 is 0. The number of amides is 1. The quantitative estimate of drug-likeness (QED) is 0.212. The molecule has 0 N–H and O–H groups in total. The van der Waals surface area contributed by atoms with Crippen LogP contribution >= 0.6 is 0 Å². The Balaban J connectivity index is 1.66. The number of esters is 1. The van der Waals surface area contributed by atoms with Crippen molar-refractivity contribution in [2.45, 2.75) is 4.90 Å². The molecule has 0 aliphatic carbocycles. The molecule has 0 saturated heterocycles. The lowest BCUT2D eigenvalue weighted by Crippen LogP contribution is -2.37. The van der Waals surface area contributed by atoms with Gasteiger partial charge in [-0.05, 0) is 60.7 Å². The van der Waals surface area contributed by atoms with Gasteiger partial charge >= 0.3 is 5.97 Å². The summed E-state index contributed by atoms with van der Waals surface area (Å²) in [6.07, 6.45) is 5.77. The summed E-state index contributed by atoms with van der Waals surface area (Å²) in [7, 11) is -2.93. The molecule has 194 valence electrons. The van der Waals surface area contributed by atoms with Crippen molar-refractivity contribution in [3.63, 3.8) is 0 Å². The smallest absolute Gasteiger partial charge is 0.343 e. The zero-order chi connectivity index (χ0) is 27.4. The number of fused-ring (bicyclic) bond motifs is 1. The zero-order valence-electron chi connectivity index (χ0n) is 20.6. The zero-order valence-corrected chi connectivity index (χ0v) is 21.4.